The lowest BCUT2D eigenvalue weighted by Gasteiger charge is -2.13. The van der Waals surface area contributed by atoms with Gasteiger partial charge in [0.25, 0.3) is 0 Å². The highest BCUT2D eigenvalue weighted by molar-refractivity contribution is 9.10. The van der Waals surface area contributed by atoms with Gasteiger partial charge in [-0.15, -0.1) is 0 Å². The van der Waals surface area contributed by atoms with Gasteiger partial charge in [0, 0.05) is 12.6 Å². The van der Waals surface area contributed by atoms with Crippen LogP contribution in [0.4, 0.5) is 11.4 Å². The molecule has 102 valence electrons. The van der Waals surface area contributed by atoms with E-state index in [1.54, 1.807) is 0 Å². The average molecular weight is 329 g/mol. The van der Waals surface area contributed by atoms with E-state index in [-0.39, 0.29) is 27.2 Å². The number of nitrogen functional groups attached to an aromatic ring is 1. The first-order valence-electron chi connectivity index (χ1n) is 5.32. The molecule has 8 heteroatoms. The number of ether oxygens (including phenoxy) is 1. The number of hydrogen-bond acceptors (Lipinski definition) is 6. The minimum absolute atomic E-state index is 0.0198. The Bertz CT molecular complexity index is 540. The van der Waals surface area contributed by atoms with E-state index in [9.17, 15) is 10.1 Å². The highest BCUT2D eigenvalue weighted by atomic mass is 79.9. The van der Waals surface area contributed by atoms with Crippen LogP contribution in [0.2, 0.25) is 0 Å². The second kappa shape index (κ2) is 6.36. The van der Waals surface area contributed by atoms with Gasteiger partial charge in [0.05, 0.1) is 4.92 Å². The van der Waals surface area contributed by atoms with Gasteiger partial charge in [0.1, 0.15) is 34.1 Å². The number of benzene rings is 1. The molecule has 0 atom stereocenters. The Morgan fingerprint density at radius 2 is 2.26 bits per heavy atom. The average Bonchev–Trinajstić information content (AvgIpc) is 2.27. The molecule has 0 unspecified atom stereocenters. The summed E-state index contributed by atoms with van der Waals surface area (Å²) < 4.78 is 5.63. The third kappa shape index (κ3) is 3.56. The first kappa shape index (κ1) is 15.2. The molecule has 0 amide bonds. The van der Waals surface area contributed by atoms with Crippen LogP contribution in [0, 0.1) is 21.4 Å². The van der Waals surface area contributed by atoms with E-state index in [0.717, 1.165) is 0 Å². The number of nitrogens with zero attached hydrogens (tertiary/aromatic N) is 3. The fourth-order valence-electron chi connectivity index (χ4n) is 1.39. The van der Waals surface area contributed by atoms with Crippen molar-refractivity contribution in [2.24, 2.45) is 0 Å². The molecule has 7 nitrogen and oxygen atoms in total. The van der Waals surface area contributed by atoms with Crippen LogP contribution in [-0.2, 0) is 0 Å². The first-order chi connectivity index (χ1) is 8.88. The fraction of sp³-hybridized carbons (Fsp3) is 0.364. The largest absolute Gasteiger partial charge is 0.491 e. The maximum absolute atomic E-state index is 10.9. The van der Waals surface area contributed by atoms with Crippen LogP contribution < -0.4 is 10.5 Å². The van der Waals surface area contributed by atoms with E-state index in [4.69, 9.17) is 15.7 Å². The van der Waals surface area contributed by atoms with E-state index >= 15 is 0 Å². The Hall–Kier alpha value is -1.85. The number of halogens is 1. The minimum Gasteiger partial charge on any atom is -0.491 e. The molecule has 19 heavy (non-hydrogen) atoms. The van der Waals surface area contributed by atoms with Crippen molar-refractivity contribution < 1.29 is 9.66 Å². The quantitative estimate of drug-likeness (QED) is 0.501. The highest BCUT2D eigenvalue weighted by Gasteiger charge is 2.24. The lowest BCUT2D eigenvalue weighted by molar-refractivity contribution is -0.384. The van der Waals surface area contributed by atoms with Crippen LogP contribution in [0.1, 0.15) is 5.56 Å². The Morgan fingerprint density at radius 1 is 1.63 bits per heavy atom. The monoisotopic (exact) mass is 328 g/mol. The maximum Gasteiger partial charge on any atom is 0.307 e. The molecule has 1 aromatic carbocycles. The molecule has 0 saturated carbocycles. The standard InChI is InChI=1S/C11H13BrN4O3/c1-15(2)3-4-19-9-5-8(12)11(16(17)18)10(14)7(9)6-13/h5H,3-4,14H2,1-2H3. The summed E-state index contributed by atoms with van der Waals surface area (Å²) >= 11 is 3.06. The number of nitriles is 1. The smallest absolute Gasteiger partial charge is 0.307 e. The number of likely N-dealkylation sites (N-methyl/N-ethyl adjacent to an activating group) is 1. The van der Waals surface area contributed by atoms with Crippen molar-refractivity contribution in [1.82, 2.24) is 4.90 Å². The Balaban J connectivity index is 3.14. The molecule has 0 spiro atoms. The molecule has 0 bridgehead atoms. The molecule has 1 rings (SSSR count). The predicted molar refractivity (Wildman–Crippen MR) is 74.0 cm³/mol. The highest BCUT2D eigenvalue weighted by Crippen LogP contribution is 2.39. The van der Waals surface area contributed by atoms with Crippen molar-refractivity contribution in [3.8, 4) is 11.8 Å². The SMILES string of the molecule is CN(C)CCOc1cc(Br)c([N+](=O)[O-])c(N)c1C#N. The van der Waals surface area contributed by atoms with Gasteiger partial charge in [0.2, 0.25) is 0 Å². The summed E-state index contributed by atoms with van der Waals surface area (Å²) in [4.78, 5) is 12.1. The Labute approximate surface area is 118 Å². The topological polar surface area (TPSA) is 105 Å². The molecule has 0 aliphatic heterocycles. The number of nitrogens with two attached hydrogens (primary N) is 1. The van der Waals surface area contributed by atoms with E-state index in [1.165, 1.54) is 6.07 Å². The normalized spacial score (nSPS) is 10.3. The van der Waals surface area contributed by atoms with Crippen LogP contribution >= 0.6 is 15.9 Å². The molecule has 0 saturated heterocycles. The van der Waals surface area contributed by atoms with E-state index in [1.807, 2.05) is 25.1 Å². The number of hydrogen-bond donors (Lipinski definition) is 1. The molecular formula is C11H13BrN4O3. The molecular weight excluding hydrogens is 316 g/mol. The molecule has 1 aromatic rings. The van der Waals surface area contributed by atoms with Crippen LogP contribution in [0.15, 0.2) is 10.5 Å². The van der Waals surface area contributed by atoms with E-state index in [0.29, 0.717) is 13.2 Å². The molecule has 2 N–H and O–H groups in total. The van der Waals surface area contributed by atoms with Crippen molar-refractivity contribution in [3.63, 3.8) is 0 Å². The molecule has 0 radical (unpaired) electrons. The van der Waals surface area contributed by atoms with Gasteiger partial charge in [-0.25, -0.2) is 0 Å². The van der Waals surface area contributed by atoms with Crippen LogP contribution in [0.25, 0.3) is 0 Å². The second-order valence-electron chi connectivity index (χ2n) is 4.01. The van der Waals surface area contributed by atoms with Gasteiger partial charge in [-0.2, -0.15) is 5.26 Å². The van der Waals surface area contributed by atoms with Gasteiger partial charge >= 0.3 is 5.69 Å². The number of rotatable bonds is 5. The summed E-state index contributed by atoms with van der Waals surface area (Å²) in [6.45, 7) is 1.00. The summed E-state index contributed by atoms with van der Waals surface area (Å²) in [6, 6.07) is 3.23. The zero-order valence-electron chi connectivity index (χ0n) is 10.5. The summed E-state index contributed by atoms with van der Waals surface area (Å²) in [6.07, 6.45) is 0. The molecule has 0 aliphatic carbocycles. The number of nitro benzene ring substituents is 1. The minimum atomic E-state index is -0.635. The maximum atomic E-state index is 10.9. The second-order valence-corrected chi connectivity index (χ2v) is 4.87. The van der Waals surface area contributed by atoms with Crippen molar-refractivity contribution in [1.29, 1.82) is 5.26 Å². The first-order valence-corrected chi connectivity index (χ1v) is 6.11. The lowest BCUT2D eigenvalue weighted by Crippen LogP contribution is -2.19. The number of anilines is 1. The predicted octanol–water partition coefficient (Wildman–Crippen LogP) is 1.75. The fourth-order valence-corrected chi connectivity index (χ4v) is 1.95. The zero-order chi connectivity index (χ0) is 14.6. The third-order valence-electron chi connectivity index (χ3n) is 2.35. The van der Waals surface area contributed by atoms with Gasteiger partial charge in [0.15, 0.2) is 0 Å². The van der Waals surface area contributed by atoms with Gasteiger partial charge in [-0.05, 0) is 30.0 Å². The number of nitro groups is 1. The summed E-state index contributed by atoms with van der Waals surface area (Å²) in [5, 5.41) is 19.9. The third-order valence-corrected chi connectivity index (χ3v) is 2.95. The molecule has 0 aliphatic rings. The Morgan fingerprint density at radius 3 is 2.74 bits per heavy atom. The van der Waals surface area contributed by atoms with Gasteiger partial charge < -0.3 is 15.4 Å². The van der Waals surface area contributed by atoms with Crippen molar-refractivity contribution in [2.45, 2.75) is 0 Å². The van der Waals surface area contributed by atoms with Gasteiger partial charge in [-0.1, -0.05) is 0 Å². The van der Waals surface area contributed by atoms with Crippen LogP contribution in [0.5, 0.6) is 5.75 Å². The van der Waals surface area contributed by atoms with Gasteiger partial charge in [-0.3, -0.25) is 10.1 Å². The lowest BCUT2D eigenvalue weighted by atomic mass is 10.1. The van der Waals surface area contributed by atoms with Crippen molar-refractivity contribution in [2.75, 3.05) is 33.0 Å². The van der Waals surface area contributed by atoms with Crippen LogP contribution in [0.3, 0.4) is 0 Å². The zero-order valence-corrected chi connectivity index (χ0v) is 12.1. The summed E-state index contributed by atoms with van der Waals surface area (Å²) in [7, 11) is 3.77. The molecule has 0 fully saturated rings. The summed E-state index contributed by atoms with van der Waals surface area (Å²) in [5.41, 5.74) is 5.11. The summed E-state index contributed by atoms with van der Waals surface area (Å²) in [5.74, 6) is 0.235. The van der Waals surface area contributed by atoms with Crippen molar-refractivity contribution >= 4 is 27.3 Å². The van der Waals surface area contributed by atoms with Crippen molar-refractivity contribution in [3.05, 3.63) is 26.2 Å². The Kier molecular flexibility index (Phi) is 5.09. The van der Waals surface area contributed by atoms with Crippen LogP contribution in [-0.4, -0.2) is 37.1 Å². The van der Waals surface area contributed by atoms with E-state index in [2.05, 4.69) is 15.9 Å². The molecule has 0 aromatic heterocycles. The molecule has 0 heterocycles. The van der Waals surface area contributed by atoms with E-state index < -0.39 is 4.92 Å².